The molecule has 6 rings (SSSR count). The molecule has 0 unspecified atom stereocenters. The number of fused-ring (bicyclic) bond motifs is 4. The first-order chi connectivity index (χ1) is 21.5. The van der Waals surface area contributed by atoms with Crippen LogP contribution in [0.25, 0.3) is 0 Å². The highest BCUT2D eigenvalue weighted by atomic mass is 16.5. The molecule has 1 aliphatic carbocycles. The molecule has 0 radical (unpaired) electrons. The lowest BCUT2D eigenvalue weighted by atomic mass is 9.83. The van der Waals surface area contributed by atoms with Crippen LogP contribution < -0.4 is 0 Å². The van der Waals surface area contributed by atoms with Crippen molar-refractivity contribution in [1.82, 2.24) is 0 Å². The number of methoxy groups -OCH3 is 2. The van der Waals surface area contributed by atoms with Crippen LogP contribution in [0.4, 0.5) is 0 Å². The molecule has 0 saturated heterocycles. The summed E-state index contributed by atoms with van der Waals surface area (Å²) in [6, 6.07) is 0. The van der Waals surface area contributed by atoms with E-state index in [4.69, 9.17) is 29.4 Å². The predicted octanol–water partition coefficient (Wildman–Crippen LogP) is 5.85. The SMILES string of the molecule is C=CC1=C(C)C2=CC3=NC(=C4C5=NC(=CC6=NC(=CC1=N2)C(C)=C6CC)C(C)=C5C(=O)[C@@H]4C(=O)OC)[C@@H](CCC(=O)OC)[C@@H]3C. The number of aliphatic imine (C=N–C) groups is 4. The molecule has 6 aliphatic rings. The van der Waals surface area contributed by atoms with Crippen molar-refractivity contribution < 1.29 is 23.9 Å². The minimum atomic E-state index is -1.20. The molecule has 0 spiro atoms. The van der Waals surface area contributed by atoms with Gasteiger partial charge in [-0.15, -0.1) is 0 Å². The van der Waals surface area contributed by atoms with Crippen molar-refractivity contribution in [3.8, 4) is 0 Å². The molecule has 8 bridgehead atoms. The average molecular weight is 605 g/mol. The number of hydrogen-bond acceptors (Lipinski definition) is 9. The maximum absolute atomic E-state index is 14.0. The predicted molar refractivity (Wildman–Crippen MR) is 174 cm³/mol. The minimum absolute atomic E-state index is 0.151. The molecule has 5 aliphatic heterocycles. The molecular formula is C36H36N4O5. The van der Waals surface area contributed by atoms with Gasteiger partial charge in [-0.3, -0.25) is 19.4 Å². The Morgan fingerprint density at radius 3 is 2.24 bits per heavy atom. The summed E-state index contributed by atoms with van der Waals surface area (Å²) < 4.78 is 10.1. The third-order valence-corrected chi connectivity index (χ3v) is 9.63. The first kappa shape index (κ1) is 30.2. The highest BCUT2D eigenvalue weighted by Gasteiger charge is 2.51. The quantitative estimate of drug-likeness (QED) is 0.278. The molecule has 5 heterocycles. The van der Waals surface area contributed by atoms with Crippen molar-refractivity contribution in [2.24, 2.45) is 37.7 Å². The first-order valence-corrected chi connectivity index (χ1v) is 15.2. The Morgan fingerprint density at radius 1 is 0.911 bits per heavy atom. The summed E-state index contributed by atoms with van der Waals surface area (Å²) in [6.45, 7) is 14.1. The van der Waals surface area contributed by atoms with Gasteiger partial charge in [-0.2, -0.15) is 0 Å². The zero-order chi connectivity index (χ0) is 32.3. The van der Waals surface area contributed by atoms with E-state index in [1.54, 1.807) is 0 Å². The molecule has 9 nitrogen and oxygen atoms in total. The molecule has 45 heavy (non-hydrogen) atoms. The van der Waals surface area contributed by atoms with Gasteiger partial charge in [0, 0.05) is 40.7 Å². The average Bonchev–Trinajstić information content (AvgIpc) is 3.76. The van der Waals surface area contributed by atoms with Crippen molar-refractivity contribution in [2.45, 2.75) is 53.9 Å². The number of carbonyl (C=O) groups excluding carboxylic acids is 3. The van der Waals surface area contributed by atoms with E-state index < -0.39 is 11.9 Å². The van der Waals surface area contributed by atoms with E-state index in [0.29, 0.717) is 40.2 Å². The first-order valence-electron chi connectivity index (χ1n) is 15.2. The van der Waals surface area contributed by atoms with Crippen LogP contribution in [0.15, 0.2) is 113 Å². The smallest absolute Gasteiger partial charge is 0.321 e. The van der Waals surface area contributed by atoms with E-state index in [9.17, 15) is 14.4 Å². The molecule has 230 valence electrons. The van der Waals surface area contributed by atoms with Crippen molar-refractivity contribution >= 4 is 40.6 Å². The van der Waals surface area contributed by atoms with Gasteiger partial charge in [0.15, 0.2) is 5.78 Å². The molecule has 0 aromatic carbocycles. The van der Waals surface area contributed by atoms with Gasteiger partial charge in [0.05, 0.1) is 54.1 Å². The number of esters is 2. The number of allylic oxidation sites excluding steroid dienone is 11. The molecule has 0 aromatic heterocycles. The Hall–Kier alpha value is -4.79. The van der Waals surface area contributed by atoms with Gasteiger partial charge in [-0.25, -0.2) is 15.0 Å². The van der Waals surface area contributed by atoms with E-state index in [0.717, 1.165) is 57.2 Å². The number of carbonyl (C=O) groups is 3. The Kier molecular flexibility index (Phi) is 7.59. The van der Waals surface area contributed by atoms with Gasteiger partial charge in [-0.1, -0.05) is 26.5 Å². The van der Waals surface area contributed by atoms with Gasteiger partial charge in [0.2, 0.25) is 0 Å². The van der Waals surface area contributed by atoms with E-state index in [2.05, 4.69) is 20.4 Å². The number of hydrogen-bond donors (Lipinski definition) is 0. The lowest BCUT2D eigenvalue weighted by Crippen LogP contribution is -2.25. The lowest BCUT2D eigenvalue weighted by Gasteiger charge is -2.19. The van der Waals surface area contributed by atoms with Crippen LogP contribution in [0, 0.1) is 17.8 Å². The third kappa shape index (κ3) is 4.64. The monoisotopic (exact) mass is 604 g/mol. The minimum Gasteiger partial charge on any atom is -0.469 e. The molecular weight excluding hydrogens is 568 g/mol. The molecule has 0 aromatic rings. The second-order valence-electron chi connectivity index (χ2n) is 11.9. The van der Waals surface area contributed by atoms with Gasteiger partial charge >= 0.3 is 11.9 Å². The van der Waals surface area contributed by atoms with E-state index in [1.165, 1.54) is 14.2 Å². The van der Waals surface area contributed by atoms with E-state index in [-0.39, 0.29) is 30.0 Å². The number of Topliss-reactive ketones (excluding diaryl/α,β-unsaturated/α-hetero) is 1. The molecule has 3 atom stereocenters. The number of ketones is 1. The fourth-order valence-electron chi connectivity index (χ4n) is 7.02. The van der Waals surface area contributed by atoms with Gasteiger partial charge in [0.1, 0.15) is 5.92 Å². The standard InChI is InChI=1S/C36H36N4O5/c1-9-20-16(3)23-13-25-18(5)22(11-12-29(41)44-7)33(39-25)31-32(36(43)45-8)35(42)30-19(6)26(40-34(30)31)15-28-21(10-2)17(4)24(38-28)14-27(20)37-23/h9,13-15,18,22,32H,1,10-12H2,2-8H3/t18-,22-,32+/m0/s1. The number of nitrogens with zero attached hydrogens (tertiary/aromatic N) is 4. The van der Waals surface area contributed by atoms with E-state index in [1.807, 2.05) is 45.1 Å². The maximum atomic E-state index is 14.0. The Balaban J connectivity index is 1.68. The zero-order valence-corrected chi connectivity index (χ0v) is 26.7. The Labute approximate surface area is 262 Å². The van der Waals surface area contributed by atoms with Crippen LogP contribution in [0.2, 0.25) is 0 Å². The van der Waals surface area contributed by atoms with E-state index >= 15 is 0 Å². The molecule has 9 heteroatoms. The topological polar surface area (TPSA) is 119 Å². The third-order valence-electron chi connectivity index (χ3n) is 9.63. The van der Waals surface area contributed by atoms with Crippen LogP contribution in [-0.4, -0.2) is 54.8 Å². The normalized spacial score (nSPS) is 25.3. The second kappa shape index (κ2) is 11.3. The van der Waals surface area contributed by atoms with Crippen molar-refractivity contribution in [1.29, 1.82) is 0 Å². The van der Waals surface area contributed by atoms with Crippen molar-refractivity contribution in [3.05, 3.63) is 92.7 Å². The summed E-state index contributed by atoms with van der Waals surface area (Å²) in [4.78, 5) is 59.7. The molecule has 0 amide bonds. The summed E-state index contributed by atoms with van der Waals surface area (Å²) >= 11 is 0. The van der Waals surface area contributed by atoms with Crippen LogP contribution in [-0.2, 0) is 23.9 Å². The fourth-order valence-corrected chi connectivity index (χ4v) is 7.02. The highest BCUT2D eigenvalue weighted by Crippen LogP contribution is 2.47. The van der Waals surface area contributed by atoms with Gasteiger partial charge in [0.25, 0.3) is 0 Å². The van der Waals surface area contributed by atoms with Gasteiger partial charge in [-0.05, 0) is 74.1 Å². The van der Waals surface area contributed by atoms with Crippen molar-refractivity contribution in [2.75, 3.05) is 14.2 Å². The van der Waals surface area contributed by atoms with Crippen molar-refractivity contribution in [3.63, 3.8) is 0 Å². The molecule has 1 fully saturated rings. The summed E-state index contributed by atoms with van der Waals surface area (Å²) in [6.07, 6.45) is 9.00. The number of rotatable bonds is 6. The molecule has 0 N–H and O–H groups in total. The Morgan fingerprint density at radius 2 is 1.58 bits per heavy atom. The van der Waals surface area contributed by atoms with Crippen LogP contribution in [0.3, 0.4) is 0 Å². The summed E-state index contributed by atoms with van der Waals surface area (Å²) in [5, 5.41) is 0. The van der Waals surface area contributed by atoms with Crippen LogP contribution >= 0.6 is 0 Å². The summed E-state index contributed by atoms with van der Waals surface area (Å²) in [5.74, 6) is -3.01. The second-order valence-corrected chi connectivity index (χ2v) is 11.9. The Bertz CT molecular complexity index is 1860. The lowest BCUT2D eigenvalue weighted by molar-refractivity contribution is -0.146. The zero-order valence-electron chi connectivity index (χ0n) is 26.7. The fraction of sp³-hybridized carbons (Fsp3) is 0.361. The van der Waals surface area contributed by atoms with Crippen LogP contribution in [0.1, 0.15) is 53.9 Å². The van der Waals surface area contributed by atoms with Crippen LogP contribution in [0.5, 0.6) is 0 Å². The highest BCUT2D eigenvalue weighted by molar-refractivity contribution is 6.42. The van der Waals surface area contributed by atoms with Gasteiger partial charge < -0.3 is 9.47 Å². The maximum Gasteiger partial charge on any atom is 0.321 e. The molecule has 1 saturated carbocycles. The largest absolute Gasteiger partial charge is 0.469 e. The summed E-state index contributed by atoms with van der Waals surface area (Å²) in [5.41, 5.74) is 11.0. The summed E-state index contributed by atoms with van der Waals surface area (Å²) in [7, 11) is 2.63. The number of ether oxygens (including phenoxy) is 2.